The van der Waals surface area contributed by atoms with E-state index in [1.807, 2.05) is 6.07 Å². The Bertz CT molecular complexity index is 964. The molecule has 29 heavy (non-hydrogen) atoms. The molecule has 2 aromatic heterocycles. The van der Waals surface area contributed by atoms with Crippen molar-refractivity contribution in [1.82, 2.24) is 20.2 Å². The molecule has 150 valence electrons. The molecule has 7 nitrogen and oxygen atoms in total. The molecule has 0 amide bonds. The van der Waals surface area contributed by atoms with E-state index in [4.69, 9.17) is 0 Å². The van der Waals surface area contributed by atoms with E-state index in [0.717, 1.165) is 74.8 Å². The minimum atomic E-state index is -0.181. The minimum absolute atomic E-state index is 0.181. The Labute approximate surface area is 170 Å². The number of hydrogen-bond donors (Lipinski definition) is 2. The minimum Gasteiger partial charge on any atom is -0.393 e. The van der Waals surface area contributed by atoms with Gasteiger partial charge in [0, 0.05) is 55.5 Å². The summed E-state index contributed by atoms with van der Waals surface area (Å²) in [6, 6.07) is 12.5. The second-order valence-corrected chi connectivity index (χ2v) is 7.84. The number of hydrogen-bond acceptors (Lipinski definition) is 6. The third-order valence-corrected chi connectivity index (χ3v) is 6.01. The van der Waals surface area contributed by atoms with Crippen molar-refractivity contribution in [2.24, 2.45) is 0 Å². The smallest absolute Gasteiger partial charge is 0.134 e. The van der Waals surface area contributed by atoms with E-state index in [1.54, 1.807) is 6.33 Å². The Hall–Kier alpha value is -2.93. The molecule has 0 radical (unpaired) electrons. The van der Waals surface area contributed by atoms with Gasteiger partial charge in [-0.3, -0.25) is 5.10 Å². The van der Waals surface area contributed by atoms with E-state index in [9.17, 15) is 5.11 Å². The quantitative estimate of drug-likeness (QED) is 0.715. The van der Waals surface area contributed by atoms with Crippen LogP contribution < -0.4 is 9.80 Å². The fourth-order valence-electron chi connectivity index (χ4n) is 4.32. The molecular formula is C22H26N6O. The number of rotatable bonds is 3. The first-order chi connectivity index (χ1) is 14.3. The second kappa shape index (κ2) is 7.83. The number of fused-ring (bicyclic) bond motifs is 1. The number of H-pyrrole nitrogens is 1. The van der Waals surface area contributed by atoms with Gasteiger partial charge in [0.25, 0.3) is 0 Å². The number of nitrogens with one attached hydrogen (secondary N) is 1. The van der Waals surface area contributed by atoms with Crippen molar-refractivity contribution in [2.75, 3.05) is 36.0 Å². The van der Waals surface area contributed by atoms with Crippen molar-refractivity contribution in [3.05, 3.63) is 54.0 Å². The zero-order valence-electron chi connectivity index (χ0n) is 16.5. The highest BCUT2D eigenvalue weighted by molar-refractivity contribution is 5.64. The van der Waals surface area contributed by atoms with E-state index in [-0.39, 0.29) is 6.10 Å². The van der Waals surface area contributed by atoms with Crippen molar-refractivity contribution in [2.45, 2.75) is 31.8 Å². The van der Waals surface area contributed by atoms with E-state index >= 15 is 0 Å². The first kappa shape index (κ1) is 18.1. The lowest BCUT2D eigenvalue weighted by atomic mass is 10.0. The maximum Gasteiger partial charge on any atom is 0.134 e. The van der Waals surface area contributed by atoms with Crippen LogP contribution in [0.25, 0.3) is 11.3 Å². The average molecular weight is 390 g/mol. The van der Waals surface area contributed by atoms with Gasteiger partial charge in [-0.1, -0.05) is 30.3 Å². The first-order valence-electron chi connectivity index (χ1n) is 10.4. The molecule has 1 saturated heterocycles. The van der Waals surface area contributed by atoms with Gasteiger partial charge in [0.2, 0.25) is 0 Å². The van der Waals surface area contributed by atoms with Gasteiger partial charge in [-0.25, -0.2) is 9.97 Å². The number of aliphatic hydroxyl groups excluding tert-OH is 1. The lowest BCUT2D eigenvalue weighted by Gasteiger charge is -2.31. The molecule has 2 aliphatic rings. The zero-order chi connectivity index (χ0) is 19.6. The van der Waals surface area contributed by atoms with Gasteiger partial charge >= 0.3 is 0 Å². The molecule has 1 fully saturated rings. The Morgan fingerprint density at radius 1 is 0.897 bits per heavy atom. The molecule has 7 heteroatoms. The summed E-state index contributed by atoms with van der Waals surface area (Å²) in [5, 5.41) is 17.6. The Balaban J connectivity index is 1.34. The van der Waals surface area contributed by atoms with Gasteiger partial charge in [-0.05, 0) is 19.3 Å². The normalized spacial score (nSPS) is 17.8. The van der Waals surface area contributed by atoms with Crippen LogP contribution in [0.15, 0.2) is 42.7 Å². The molecule has 0 atom stereocenters. The Kier molecular flexibility index (Phi) is 4.89. The number of aliphatic hydroxyl groups is 1. The summed E-state index contributed by atoms with van der Waals surface area (Å²) in [6.45, 7) is 3.49. The van der Waals surface area contributed by atoms with Crippen molar-refractivity contribution < 1.29 is 5.11 Å². The number of aromatic nitrogens is 4. The molecule has 1 aromatic carbocycles. The van der Waals surface area contributed by atoms with Gasteiger partial charge < -0.3 is 14.9 Å². The Morgan fingerprint density at radius 2 is 1.59 bits per heavy atom. The lowest BCUT2D eigenvalue weighted by molar-refractivity contribution is 0.145. The summed E-state index contributed by atoms with van der Waals surface area (Å²) < 4.78 is 0. The maximum atomic E-state index is 9.76. The summed E-state index contributed by atoms with van der Waals surface area (Å²) in [5.74, 6) is 1.93. The van der Waals surface area contributed by atoms with Crippen molar-refractivity contribution >= 4 is 11.6 Å². The van der Waals surface area contributed by atoms with Crippen LogP contribution in [0.2, 0.25) is 0 Å². The number of piperidine rings is 1. The molecule has 2 N–H and O–H groups in total. The van der Waals surface area contributed by atoms with E-state index < -0.39 is 0 Å². The van der Waals surface area contributed by atoms with Crippen molar-refractivity contribution in [1.29, 1.82) is 0 Å². The van der Waals surface area contributed by atoms with Gasteiger partial charge in [-0.2, -0.15) is 5.10 Å². The van der Waals surface area contributed by atoms with Crippen LogP contribution in [0, 0.1) is 0 Å². The van der Waals surface area contributed by atoms with Crippen LogP contribution in [0.1, 0.15) is 24.1 Å². The third-order valence-electron chi connectivity index (χ3n) is 6.01. The standard InChI is InChI=1S/C22H26N6O/c29-17-6-10-27(11-7-17)20-14-21(24-15-23-20)28-12-8-18-19(9-13-28)25-26-22(18)16-4-2-1-3-5-16/h1-5,14-15,17,29H,6-13H2,(H,25,26). The highest BCUT2D eigenvalue weighted by atomic mass is 16.3. The van der Waals surface area contributed by atoms with E-state index in [2.05, 4.69) is 60.3 Å². The zero-order valence-corrected chi connectivity index (χ0v) is 16.5. The fourth-order valence-corrected chi connectivity index (χ4v) is 4.32. The molecule has 0 saturated carbocycles. The van der Waals surface area contributed by atoms with Crippen LogP contribution in [-0.4, -0.2) is 57.6 Å². The molecule has 0 bridgehead atoms. The summed E-state index contributed by atoms with van der Waals surface area (Å²) >= 11 is 0. The molecule has 4 heterocycles. The molecule has 2 aliphatic heterocycles. The van der Waals surface area contributed by atoms with Crippen LogP contribution >= 0.6 is 0 Å². The monoisotopic (exact) mass is 390 g/mol. The topological polar surface area (TPSA) is 81.2 Å². The number of benzene rings is 1. The maximum absolute atomic E-state index is 9.76. The molecule has 0 spiro atoms. The molecular weight excluding hydrogens is 364 g/mol. The van der Waals surface area contributed by atoms with Gasteiger partial charge in [0.15, 0.2) is 0 Å². The average Bonchev–Trinajstić information content (AvgIpc) is 3.06. The Morgan fingerprint density at radius 3 is 2.34 bits per heavy atom. The summed E-state index contributed by atoms with van der Waals surface area (Å²) in [7, 11) is 0. The number of anilines is 2. The van der Waals surface area contributed by atoms with Gasteiger partial charge in [-0.15, -0.1) is 0 Å². The highest BCUT2D eigenvalue weighted by Gasteiger charge is 2.23. The summed E-state index contributed by atoms with van der Waals surface area (Å²) in [5.41, 5.74) is 4.77. The highest BCUT2D eigenvalue weighted by Crippen LogP contribution is 2.28. The lowest BCUT2D eigenvalue weighted by Crippen LogP contribution is -2.36. The summed E-state index contributed by atoms with van der Waals surface area (Å²) in [6.07, 6.45) is 4.94. The number of aromatic amines is 1. The van der Waals surface area contributed by atoms with Crippen LogP contribution in [0.5, 0.6) is 0 Å². The first-order valence-corrected chi connectivity index (χ1v) is 10.4. The fraction of sp³-hybridized carbons (Fsp3) is 0.409. The second-order valence-electron chi connectivity index (χ2n) is 7.84. The predicted molar refractivity (Wildman–Crippen MR) is 113 cm³/mol. The largest absolute Gasteiger partial charge is 0.393 e. The molecule has 0 aliphatic carbocycles. The molecule has 5 rings (SSSR count). The van der Waals surface area contributed by atoms with Gasteiger partial charge in [0.05, 0.1) is 11.8 Å². The van der Waals surface area contributed by atoms with E-state index in [0.29, 0.717) is 0 Å². The van der Waals surface area contributed by atoms with Crippen molar-refractivity contribution in [3.63, 3.8) is 0 Å². The van der Waals surface area contributed by atoms with E-state index in [1.165, 1.54) is 11.3 Å². The van der Waals surface area contributed by atoms with Crippen LogP contribution in [-0.2, 0) is 12.8 Å². The molecule has 0 unspecified atom stereocenters. The van der Waals surface area contributed by atoms with Gasteiger partial charge in [0.1, 0.15) is 18.0 Å². The number of nitrogens with zero attached hydrogens (tertiary/aromatic N) is 5. The third kappa shape index (κ3) is 3.70. The summed E-state index contributed by atoms with van der Waals surface area (Å²) in [4.78, 5) is 13.6. The van der Waals surface area contributed by atoms with Crippen LogP contribution in [0.3, 0.4) is 0 Å². The van der Waals surface area contributed by atoms with Crippen LogP contribution in [0.4, 0.5) is 11.6 Å². The molecule has 3 aromatic rings. The van der Waals surface area contributed by atoms with Crippen molar-refractivity contribution in [3.8, 4) is 11.3 Å². The predicted octanol–water partition coefficient (Wildman–Crippen LogP) is 2.43. The SMILES string of the molecule is OC1CCN(c2cc(N3CCc4[nH]nc(-c5ccccc5)c4CC3)ncn2)CC1.